The molecule has 1 heterocycles. The molecular formula is C12H9BrClN3O. The van der Waals surface area contributed by atoms with Crippen LogP contribution in [0.3, 0.4) is 0 Å². The molecule has 0 unspecified atom stereocenters. The second-order valence-electron chi connectivity index (χ2n) is 3.55. The van der Waals surface area contributed by atoms with E-state index in [1.54, 1.807) is 30.6 Å². The van der Waals surface area contributed by atoms with Crippen molar-refractivity contribution in [3.05, 3.63) is 51.7 Å². The van der Waals surface area contributed by atoms with E-state index in [0.717, 1.165) is 0 Å². The summed E-state index contributed by atoms with van der Waals surface area (Å²) in [6, 6.07) is 6.44. The molecule has 0 saturated carbocycles. The van der Waals surface area contributed by atoms with Crippen LogP contribution in [0.5, 0.6) is 0 Å². The summed E-state index contributed by atoms with van der Waals surface area (Å²) in [6.45, 7) is 0. The number of nitrogen functional groups attached to an aromatic ring is 1. The van der Waals surface area contributed by atoms with Crippen molar-refractivity contribution < 1.29 is 4.79 Å². The molecule has 2 rings (SSSR count). The van der Waals surface area contributed by atoms with Crippen LogP contribution in [0.15, 0.2) is 41.1 Å². The van der Waals surface area contributed by atoms with E-state index >= 15 is 0 Å². The first-order valence-corrected chi connectivity index (χ1v) is 6.21. The summed E-state index contributed by atoms with van der Waals surface area (Å²) < 4.78 is 0.699. The number of aromatic nitrogens is 1. The van der Waals surface area contributed by atoms with Crippen molar-refractivity contribution in [1.29, 1.82) is 0 Å². The molecule has 0 spiro atoms. The molecule has 0 bridgehead atoms. The molecule has 92 valence electrons. The van der Waals surface area contributed by atoms with Gasteiger partial charge in [-0.25, -0.2) is 0 Å². The maximum Gasteiger partial charge on any atom is 0.257 e. The Bertz CT molecular complexity index is 604. The highest BCUT2D eigenvalue weighted by molar-refractivity contribution is 9.10. The Morgan fingerprint density at radius 2 is 2.17 bits per heavy atom. The molecule has 4 nitrogen and oxygen atoms in total. The number of hydrogen-bond acceptors (Lipinski definition) is 3. The van der Waals surface area contributed by atoms with Crippen LogP contribution in [0.1, 0.15) is 10.4 Å². The predicted octanol–water partition coefficient (Wildman–Crippen LogP) is 3.33. The smallest absolute Gasteiger partial charge is 0.257 e. The Kier molecular flexibility index (Phi) is 3.84. The lowest BCUT2D eigenvalue weighted by atomic mass is 10.2. The van der Waals surface area contributed by atoms with Crippen LogP contribution in [0.4, 0.5) is 11.4 Å². The average Bonchev–Trinajstić information content (AvgIpc) is 2.32. The first kappa shape index (κ1) is 12.9. The van der Waals surface area contributed by atoms with E-state index in [1.807, 2.05) is 0 Å². The summed E-state index contributed by atoms with van der Waals surface area (Å²) in [5.41, 5.74) is 7.09. The minimum absolute atomic E-state index is 0.299. The highest BCUT2D eigenvalue weighted by Gasteiger charge is 2.11. The van der Waals surface area contributed by atoms with Gasteiger partial charge in [-0.2, -0.15) is 0 Å². The van der Waals surface area contributed by atoms with Crippen molar-refractivity contribution in [1.82, 2.24) is 4.98 Å². The van der Waals surface area contributed by atoms with Gasteiger partial charge in [0.15, 0.2) is 0 Å². The quantitative estimate of drug-likeness (QED) is 0.832. The summed E-state index contributed by atoms with van der Waals surface area (Å²) in [5, 5.41) is 3.05. The lowest BCUT2D eigenvalue weighted by molar-refractivity contribution is 0.102. The normalized spacial score (nSPS) is 10.1. The zero-order chi connectivity index (χ0) is 13.1. The van der Waals surface area contributed by atoms with Gasteiger partial charge in [0.1, 0.15) is 0 Å². The Labute approximate surface area is 117 Å². The minimum Gasteiger partial charge on any atom is -0.399 e. The fourth-order valence-electron chi connectivity index (χ4n) is 1.38. The first-order valence-electron chi connectivity index (χ1n) is 5.04. The van der Waals surface area contributed by atoms with Crippen molar-refractivity contribution in [3.63, 3.8) is 0 Å². The second-order valence-corrected chi connectivity index (χ2v) is 4.81. The summed E-state index contributed by atoms with van der Waals surface area (Å²) in [5.74, 6) is -0.299. The molecule has 0 saturated heterocycles. The van der Waals surface area contributed by atoms with E-state index in [9.17, 15) is 4.79 Å². The maximum atomic E-state index is 12.0. The number of anilines is 2. The number of nitrogens with one attached hydrogen (secondary N) is 1. The van der Waals surface area contributed by atoms with Crippen LogP contribution in [0.2, 0.25) is 5.02 Å². The summed E-state index contributed by atoms with van der Waals surface area (Å²) in [4.78, 5) is 15.9. The summed E-state index contributed by atoms with van der Waals surface area (Å²) in [7, 11) is 0. The molecule has 1 aromatic heterocycles. The lowest BCUT2D eigenvalue weighted by Crippen LogP contribution is -2.13. The van der Waals surface area contributed by atoms with Gasteiger partial charge in [-0.1, -0.05) is 11.6 Å². The topological polar surface area (TPSA) is 68.0 Å². The van der Waals surface area contributed by atoms with Gasteiger partial charge in [-0.05, 0) is 40.2 Å². The largest absolute Gasteiger partial charge is 0.399 e. The molecule has 2 aromatic rings. The molecule has 0 aliphatic rings. The number of carbonyl (C=O) groups is 1. The van der Waals surface area contributed by atoms with Crippen LogP contribution >= 0.6 is 27.5 Å². The Morgan fingerprint density at radius 1 is 1.39 bits per heavy atom. The van der Waals surface area contributed by atoms with Gasteiger partial charge in [0, 0.05) is 18.1 Å². The standard InChI is InChI=1S/C12H9BrClN3O/c13-9-6-16-4-3-11(9)17-12(18)8-2-1-7(15)5-10(8)14/h1-6H,15H2,(H,16,17,18). The molecule has 6 heteroatoms. The van der Waals surface area contributed by atoms with Crippen LogP contribution in [-0.2, 0) is 0 Å². The second kappa shape index (κ2) is 5.37. The van der Waals surface area contributed by atoms with Crippen molar-refractivity contribution in [2.75, 3.05) is 11.1 Å². The van der Waals surface area contributed by atoms with Gasteiger partial charge < -0.3 is 11.1 Å². The third-order valence-electron chi connectivity index (χ3n) is 2.26. The van der Waals surface area contributed by atoms with Crippen LogP contribution in [-0.4, -0.2) is 10.9 Å². The molecule has 1 amide bonds. The fraction of sp³-hybridized carbons (Fsp3) is 0. The van der Waals surface area contributed by atoms with Gasteiger partial charge in [0.25, 0.3) is 5.91 Å². The van der Waals surface area contributed by atoms with E-state index in [0.29, 0.717) is 26.4 Å². The monoisotopic (exact) mass is 325 g/mol. The molecule has 3 N–H and O–H groups in total. The summed E-state index contributed by atoms with van der Waals surface area (Å²) >= 11 is 9.26. The third-order valence-corrected chi connectivity index (χ3v) is 3.20. The van der Waals surface area contributed by atoms with E-state index in [-0.39, 0.29) is 5.91 Å². The number of nitrogens with zero attached hydrogens (tertiary/aromatic N) is 1. The number of amides is 1. The van der Waals surface area contributed by atoms with E-state index in [1.165, 1.54) is 6.07 Å². The van der Waals surface area contributed by atoms with Crippen LogP contribution in [0, 0.1) is 0 Å². The first-order chi connectivity index (χ1) is 8.58. The van der Waals surface area contributed by atoms with Gasteiger partial charge >= 0.3 is 0 Å². The number of hydrogen-bond donors (Lipinski definition) is 2. The summed E-state index contributed by atoms with van der Waals surface area (Å²) in [6.07, 6.45) is 3.19. The lowest BCUT2D eigenvalue weighted by Gasteiger charge is -2.08. The predicted molar refractivity (Wildman–Crippen MR) is 75.8 cm³/mol. The van der Waals surface area contributed by atoms with Gasteiger partial charge in [0.2, 0.25) is 0 Å². The number of benzene rings is 1. The zero-order valence-corrected chi connectivity index (χ0v) is 11.5. The van der Waals surface area contributed by atoms with Crippen molar-refractivity contribution in [3.8, 4) is 0 Å². The average molecular weight is 327 g/mol. The SMILES string of the molecule is Nc1ccc(C(=O)Nc2ccncc2Br)c(Cl)c1. The van der Waals surface area contributed by atoms with Crippen molar-refractivity contribution >= 4 is 44.8 Å². The third kappa shape index (κ3) is 2.80. The molecular weight excluding hydrogens is 318 g/mol. The fourth-order valence-corrected chi connectivity index (χ4v) is 2.01. The number of halogens is 2. The van der Waals surface area contributed by atoms with Gasteiger partial charge in [0.05, 0.1) is 20.7 Å². The Hall–Kier alpha value is -1.59. The van der Waals surface area contributed by atoms with E-state index < -0.39 is 0 Å². The maximum absolute atomic E-state index is 12.0. The minimum atomic E-state index is -0.299. The Morgan fingerprint density at radius 3 is 2.83 bits per heavy atom. The van der Waals surface area contributed by atoms with Gasteiger partial charge in [-0.3, -0.25) is 9.78 Å². The van der Waals surface area contributed by atoms with Crippen LogP contribution in [0.25, 0.3) is 0 Å². The molecule has 0 radical (unpaired) electrons. The number of carbonyl (C=O) groups excluding carboxylic acids is 1. The molecule has 1 aromatic carbocycles. The molecule has 0 fully saturated rings. The highest BCUT2D eigenvalue weighted by Crippen LogP contribution is 2.23. The van der Waals surface area contributed by atoms with Crippen molar-refractivity contribution in [2.45, 2.75) is 0 Å². The number of rotatable bonds is 2. The molecule has 0 atom stereocenters. The number of pyridine rings is 1. The molecule has 0 aliphatic heterocycles. The number of nitrogens with two attached hydrogens (primary N) is 1. The highest BCUT2D eigenvalue weighted by atomic mass is 79.9. The van der Waals surface area contributed by atoms with Crippen molar-refractivity contribution in [2.24, 2.45) is 0 Å². The van der Waals surface area contributed by atoms with Crippen LogP contribution < -0.4 is 11.1 Å². The van der Waals surface area contributed by atoms with Gasteiger partial charge in [-0.15, -0.1) is 0 Å². The molecule has 0 aliphatic carbocycles. The Balaban J connectivity index is 2.25. The van der Waals surface area contributed by atoms with E-state index in [4.69, 9.17) is 17.3 Å². The molecule has 18 heavy (non-hydrogen) atoms. The van der Waals surface area contributed by atoms with E-state index in [2.05, 4.69) is 26.2 Å². The zero-order valence-electron chi connectivity index (χ0n) is 9.15.